The second-order valence-corrected chi connectivity index (χ2v) is 9.78. The Morgan fingerprint density at radius 2 is 1.54 bits per heavy atom. The Balaban J connectivity index is -0.0000000651. The van der Waals surface area contributed by atoms with Gasteiger partial charge in [-0.2, -0.15) is 0 Å². The van der Waals surface area contributed by atoms with Gasteiger partial charge < -0.3 is 11.0 Å². The van der Waals surface area contributed by atoms with Crippen LogP contribution in [0.5, 0.6) is 0 Å². The first-order chi connectivity index (χ1) is 5.06. The number of quaternary nitrogens is 1. The summed E-state index contributed by atoms with van der Waals surface area (Å²) in [4.78, 5) is 0. The van der Waals surface area contributed by atoms with Crippen LogP contribution in [0.25, 0.3) is 0 Å². The molecule has 0 aliphatic rings. The molecule has 1 N–H and O–H groups in total. The number of hydrogen-bond acceptors (Lipinski definition) is 2. The third kappa shape index (κ3) is 53.0. The molecule has 0 aromatic rings. The van der Waals surface area contributed by atoms with E-state index < -0.39 is 5.20 Å². The first-order valence-corrected chi connectivity index (χ1v) is 7.59. The van der Waals surface area contributed by atoms with Crippen LogP contribution < -0.4 is 51.4 Å². The molecule has 0 radical (unpaired) electrons. The zero-order chi connectivity index (χ0) is 10.4. The van der Waals surface area contributed by atoms with Gasteiger partial charge in [-0.05, 0) is 33.7 Å². The van der Waals surface area contributed by atoms with Crippen molar-refractivity contribution >= 4 is 38.9 Å². The maximum absolute atomic E-state index is 9.51. The summed E-state index contributed by atoms with van der Waals surface area (Å²) in [7, 11) is 6.16. The van der Waals surface area contributed by atoms with E-state index in [2.05, 4.69) is 54.9 Å². The number of likely N-dealkylation sites (N-methyl/N-ethyl adjacent to an activating group) is 1. The molecule has 0 bridgehead atoms. The van der Waals surface area contributed by atoms with Crippen LogP contribution >= 0.6 is 38.9 Å². The summed E-state index contributed by atoms with van der Waals surface area (Å²) in [6.07, 6.45) is 0. The molecule has 78 valence electrons. The fourth-order valence-electron chi connectivity index (χ4n) is 0.300. The minimum Gasteiger partial charge on any atom is -1.00 e. The molecule has 0 aliphatic heterocycles. The topological polar surface area (TPSA) is 37.3 Å². The van der Waals surface area contributed by atoms with E-state index in [4.69, 9.17) is 5.11 Å². The minimum atomic E-state index is -3.22. The summed E-state index contributed by atoms with van der Waals surface area (Å²) >= 11 is 13.8. The fraction of sp³-hybridized carbons (Fsp3) is 1.00. The van der Waals surface area contributed by atoms with E-state index in [1.54, 1.807) is 0 Å². The van der Waals surface area contributed by atoms with Gasteiger partial charge in [-0.3, -0.25) is 4.57 Å². The van der Waals surface area contributed by atoms with E-state index in [1.165, 1.54) is 0 Å². The molecular formula is C5H15Cl3KNO2P+. The van der Waals surface area contributed by atoms with Gasteiger partial charge in [0, 0.05) is 0 Å². The van der Waals surface area contributed by atoms with Crippen molar-refractivity contribution in [3.63, 3.8) is 0 Å². The van der Waals surface area contributed by atoms with Gasteiger partial charge >= 0.3 is 56.6 Å². The van der Waals surface area contributed by atoms with Crippen molar-refractivity contribution < 1.29 is 67.0 Å². The van der Waals surface area contributed by atoms with E-state index in [-0.39, 0.29) is 59.4 Å². The SMILES string of the molecule is C[N+](C)(C)CCO.O=P(Cl)(Cl)Cl.[H-].[K+]. The average molecular weight is 298 g/mol. The summed E-state index contributed by atoms with van der Waals surface area (Å²) in [5.41, 5.74) is 0. The molecular weight excluding hydrogens is 282 g/mol. The second kappa shape index (κ2) is 9.85. The van der Waals surface area contributed by atoms with Crippen LogP contribution in [0, 0.1) is 0 Å². The molecule has 0 spiro atoms. The van der Waals surface area contributed by atoms with E-state index in [1.807, 2.05) is 0 Å². The van der Waals surface area contributed by atoms with Gasteiger partial charge in [-0.25, -0.2) is 0 Å². The predicted molar refractivity (Wildman–Crippen MR) is 56.3 cm³/mol. The summed E-state index contributed by atoms with van der Waals surface area (Å²) < 4.78 is 10.4. The predicted octanol–water partition coefficient (Wildman–Crippen LogP) is -0.388. The quantitative estimate of drug-likeness (QED) is 0.428. The van der Waals surface area contributed by atoms with Crippen molar-refractivity contribution in [2.75, 3.05) is 34.3 Å². The minimum absolute atomic E-state index is 0. The van der Waals surface area contributed by atoms with Crippen molar-refractivity contribution in [3.8, 4) is 0 Å². The van der Waals surface area contributed by atoms with Crippen LogP contribution in [0.3, 0.4) is 0 Å². The molecule has 8 heteroatoms. The smallest absolute Gasteiger partial charge is 1.00 e. The Labute approximate surface area is 138 Å². The molecule has 0 fully saturated rings. The Morgan fingerprint density at radius 3 is 1.54 bits per heavy atom. The van der Waals surface area contributed by atoms with Gasteiger partial charge in [0.1, 0.15) is 6.54 Å². The van der Waals surface area contributed by atoms with Gasteiger partial charge in [-0.1, -0.05) is 0 Å². The van der Waals surface area contributed by atoms with Crippen LogP contribution in [0.4, 0.5) is 0 Å². The number of hydrogen-bond donors (Lipinski definition) is 1. The van der Waals surface area contributed by atoms with E-state index in [0.717, 1.165) is 11.0 Å². The first kappa shape index (κ1) is 21.0. The molecule has 0 saturated heterocycles. The molecule has 0 atom stereocenters. The van der Waals surface area contributed by atoms with Crippen LogP contribution in [0.2, 0.25) is 0 Å². The summed E-state index contributed by atoms with van der Waals surface area (Å²) in [5.74, 6) is 0. The molecule has 0 heterocycles. The number of aliphatic hydroxyl groups is 1. The van der Waals surface area contributed by atoms with Gasteiger partial charge in [0.2, 0.25) is 0 Å². The number of aliphatic hydroxyl groups excluding tert-OH is 1. The summed E-state index contributed by atoms with van der Waals surface area (Å²) in [6, 6.07) is 0. The molecule has 0 aromatic carbocycles. The van der Waals surface area contributed by atoms with Crippen molar-refractivity contribution in [2.45, 2.75) is 0 Å². The molecule has 0 unspecified atom stereocenters. The second-order valence-electron chi connectivity index (χ2n) is 3.14. The number of nitrogens with zero attached hydrogens (tertiary/aromatic N) is 1. The van der Waals surface area contributed by atoms with E-state index in [9.17, 15) is 4.57 Å². The third-order valence-electron chi connectivity index (χ3n) is 0.771. The number of halogens is 3. The van der Waals surface area contributed by atoms with Gasteiger partial charge in [-0.15, -0.1) is 0 Å². The normalized spacial score (nSPS) is 11.0. The van der Waals surface area contributed by atoms with Crippen molar-refractivity contribution in [3.05, 3.63) is 0 Å². The number of rotatable bonds is 2. The molecule has 0 rings (SSSR count). The van der Waals surface area contributed by atoms with E-state index >= 15 is 0 Å². The molecule has 13 heavy (non-hydrogen) atoms. The van der Waals surface area contributed by atoms with Gasteiger partial charge in [0.25, 0.3) is 0 Å². The monoisotopic (exact) mass is 296 g/mol. The first-order valence-electron chi connectivity index (χ1n) is 3.16. The Kier molecular flexibility index (Phi) is 15.9. The fourth-order valence-corrected chi connectivity index (χ4v) is 0.300. The summed E-state index contributed by atoms with van der Waals surface area (Å²) in [5, 5.41) is 5.16. The van der Waals surface area contributed by atoms with Crippen molar-refractivity contribution in [2.24, 2.45) is 0 Å². The third-order valence-corrected chi connectivity index (χ3v) is 0.771. The maximum atomic E-state index is 9.51. The van der Waals surface area contributed by atoms with Crippen molar-refractivity contribution in [1.82, 2.24) is 0 Å². The van der Waals surface area contributed by atoms with Gasteiger partial charge in [0.05, 0.1) is 27.7 Å². The molecule has 3 nitrogen and oxygen atoms in total. The molecule has 0 amide bonds. The molecule has 0 aromatic heterocycles. The zero-order valence-electron chi connectivity index (χ0n) is 9.30. The van der Waals surface area contributed by atoms with Crippen LogP contribution in [0.15, 0.2) is 0 Å². The maximum Gasteiger partial charge on any atom is 1.00 e. The van der Waals surface area contributed by atoms with Crippen molar-refractivity contribution in [1.29, 1.82) is 0 Å². The van der Waals surface area contributed by atoms with Crippen LogP contribution in [-0.2, 0) is 4.57 Å². The standard InChI is InChI=1S/C5H14NO.Cl3OP.K.H/c1-6(2,3)4-5-7;1-5(2,3)4;;/h7H,4-5H2,1-3H3;;;/q+1;;+1;-1. The summed E-state index contributed by atoms with van der Waals surface area (Å²) in [6.45, 7) is 1.11. The van der Waals surface area contributed by atoms with Crippen LogP contribution in [-0.4, -0.2) is 43.9 Å². The largest absolute Gasteiger partial charge is 1.00 e. The van der Waals surface area contributed by atoms with E-state index in [0.29, 0.717) is 0 Å². The Bertz CT molecular complexity index is 155. The van der Waals surface area contributed by atoms with Gasteiger partial charge in [0.15, 0.2) is 0 Å². The zero-order valence-corrected chi connectivity index (χ0v) is 14.6. The molecule has 0 aliphatic carbocycles. The Morgan fingerprint density at radius 1 is 1.31 bits per heavy atom. The molecule has 0 saturated carbocycles. The van der Waals surface area contributed by atoms with Crippen LogP contribution in [0.1, 0.15) is 1.43 Å². The average Bonchev–Trinajstić information content (AvgIpc) is 1.54. The Hall–Kier alpha value is 2.66.